The van der Waals surface area contributed by atoms with Crippen molar-refractivity contribution in [3.8, 4) is 5.75 Å². The summed E-state index contributed by atoms with van der Waals surface area (Å²) in [5.74, 6) is -0.315. The number of rotatable bonds is 8. The van der Waals surface area contributed by atoms with E-state index in [2.05, 4.69) is 5.32 Å². The average molecular weight is 413 g/mol. The highest BCUT2D eigenvalue weighted by Gasteiger charge is 2.21. The highest BCUT2D eigenvalue weighted by molar-refractivity contribution is 7.89. The zero-order chi connectivity index (χ0) is 20.7. The summed E-state index contributed by atoms with van der Waals surface area (Å²) in [5.41, 5.74) is 0.193. The van der Waals surface area contributed by atoms with Crippen LogP contribution in [0.5, 0.6) is 5.75 Å². The molecule has 1 saturated carbocycles. The van der Waals surface area contributed by atoms with Crippen LogP contribution in [0, 0.1) is 5.92 Å². The number of hydrogen-bond acceptors (Lipinski definition) is 6. The Balaban J connectivity index is 1.97. The van der Waals surface area contributed by atoms with Crippen LogP contribution >= 0.6 is 0 Å². The summed E-state index contributed by atoms with van der Waals surface area (Å²) in [5, 5.41) is 2.55. The van der Waals surface area contributed by atoms with E-state index in [9.17, 15) is 18.0 Å². The zero-order valence-electron chi connectivity index (χ0n) is 16.6. The number of nitrogens with zero attached hydrogens (tertiary/aromatic N) is 1. The smallest absolute Gasteiger partial charge is 0.306 e. The summed E-state index contributed by atoms with van der Waals surface area (Å²) in [6, 6.07) is 4.17. The minimum Gasteiger partial charge on any atom is -0.495 e. The van der Waals surface area contributed by atoms with E-state index in [1.165, 1.54) is 45.8 Å². The predicted octanol–water partition coefficient (Wildman–Crippen LogP) is 2.40. The molecule has 0 spiro atoms. The van der Waals surface area contributed by atoms with Crippen molar-refractivity contribution in [3.05, 3.63) is 18.2 Å². The summed E-state index contributed by atoms with van der Waals surface area (Å²) in [7, 11) is 0.591. The lowest BCUT2D eigenvalue weighted by Crippen LogP contribution is -2.24. The van der Waals surface area contributed by atoms with Crippen LogP contribution in [0.25, 0.3) is 0 Å². The number of ether oxygens (including phenoxy) is 2. The molecule has 1 aromatic carbocycles. The fourth-order valence-electron chi connectivity index (χ4n) is 3.17. The van der Waals surface area contributed by atoms with E-state index in [4.69, 9.17) is 9.47 Å². The molecule has 1 aliphatic carbocycles. The molecule has 156 valence electrons. The molecule has 1 fully saturated rings. The van der Waals surface area contributed by atoms with Crippen LogP contribution in [0.1, 0.15) is 38.5 Å². The van der Waals surface area contributed by atoms with Crippen molar-refractivity contribution in [1.29, 1.82) is 0 Å². The van der Waals surface area contributed by atoms with Gasteiger partial charge in [0, 0.05) is 20.5 Å². The van der Waals surface area contributed by atoms with Crippen LogP contribution < -0.4 is 10.1 Å². The van der Waals surface area contributed by atoms with E-state index in [-0.39, 0.29) is 10.6 Å². The van der Waals surface area contributed by atoms with Crippen molar-refractivity contribution >= 4 is 27.6 Å². The summed E-state index contributed by atoms with van der Waals surface area (Å²) in [6.07, 6.45) is 5.83. The maximum absolute atomic E-state index is 12.3. The monoisotopic (exact) mass is 412 g/mol. The molecular weight excluding hydrogens is 384 g/mol. The fraction of sp³-hybridized carbons (Fsp3) is 0.579. The Morgan fingerprint density at radius 3 is 2.46 bits per heavy atom. The van der Waals surface area contributed by atoms with Gasteiger partial charge in [0.1, 0.15) is 5.75 Å². The quantitative estimate of drug-likeness (QED) is 0.658. The molecule has 0 bridgehead atoms. The van der Waals surface area contributed by atoms with Gasteiger partial charge in [0.05, 0.1) is 17.7 Å². The van der Waals surface area contributed by atoms with Gasteiger partial charge < -0.3 is 14.8 Å². The second-order valence-corrected chi connectivity index (χ2v) is 9.22. The van der Waals surface area contributed by atoms with E-state index in [1.807, 2.05) is 0 Å². The first-order chi connectivity index (χ1) is 13.2. The number of amides is 1. The standard InChI is InChI=1S/C19H28N2O6S/c1-21(2)28(24,25)15-9-10-17(26-3)16(12-15)20-18(22)13-27-19(23)11-14-7-5-4-6-8-14/h9-10,12,14H,4-8,11,13H2,1-3H3,(H,20,22). The Hall–Kier alpha value is -2.13. The second kappa shape index (κ2) is 9.88. The van der Waals surface area contributed by atoms with E-state index >= 15 is 0 Å². The summed E-state index contributed by atoms with van der Waals surface area (Å²) >= 11 is 0. The van der Waals surface area contributed by atoms with Gasteiger partial charge in [0.25, 0.3) is 5.91 Å². The van der Waals surface area contributed by atoms with Gasteiger partial charge in [-0.3, -0.25) is 9.59 Å². The number of nitrogens with one attached hydrogen (secondary N) is 1. The molecule has 28 heavy (non-hydrogen) atoms. The van der Waals surface area contributed by atoms with Crippen LogP contribution in [-0.4, -0.2) is 52.4 Å². The first-order valence-electron chi connectivity index (χ1n) is 9.30. The number of methoxy groups -OCH3 is 1. The third-order valence-electron chi connectivity index (χ3n) is 4.77. The Morgan fingerprint density at radius 2 is 1.86 bits per heavy atom. The van der Waals surface area contributed by atoms with Gasteiger partial charge in [-0.05, 0) is 37.0 Å². The van der Waals surface area contributed by atoms with Gasteiger partial charge in [-0.15, -0.1) is 0 Å². The number of sulfonamides is 1. The van der Waals surface area contributed by atoms with Gasteiger partial charge >= 0.3 is 5.97 Å². The lowest BCUT2D eigenvalue weighted by Gasteiger charge is -2.20. The van der Waals surface area contributed by atoms with Crippen molar-refractivity contribution in [2.45, 2.75) is 43.4 Å². The van der Waals surface area contributed by atoms with Crippen molar-refractivity contribution in [2.24, 2.45) is 5.92 Å². The molecule has 2 rings (SSSR count). The molecule has 8 nitrogen and oxygen atoms in total. The van der Waals surface area contributed by atoms with Gasteiger partial charge in [-0.2, -0.15) is 0 Å². The molecule has 9 heteroatoms. The highest BCUT2D eigenvalue weighted by atomic mass is 32.2. The Morgan fingerprint density at radius 1 is 1.18 bits per heavy atom. The largest absolute Gasteiger partial charge is 0.495 e. The van der Waals surface area contributed by atoms with Crippen LogP contribution in [0.4, 0.5) is 5.69 Å². The summed E-state index contributed by atoms with van der Waals surface area (Å²) in [4.78, 5) is 24.1. The average Bonchev–Trinajstić information content (AvgIpc) is 2.67. The fourth-order valence-corrected chi connectivity index (χ4v) is 4.10. The molecule has 0 saturated heterocycles. The molecular formula is C19H28N2O6S. The molecule has 0 atom stereocenters. The van der Waals surface area contributed by atoms with Gasteiger partial charge in [0.15, 0.2) is 6.61 Å². The first-order valence-corrected chi connectivity index (χ1v) is 10.7. The maximum atomic E-state index is 12.3. The molecule has 1 aliphatic rings. The van der Waals surface area contributed by atoms with E-state index in [0.717, 1.165) is 30.0 Å². The molecule has 1 N–H and O–H groups in total. The van der Waals surface area contributed by atoms with Crippen LogP contribution in [0.2, 0.25) is 0 Å². The van der Waals surface area contributed by atoms with Crippen molar-refractivity contribution in [2.75, 3.05) is 33.1 Å². The molecule has 0 unspecified atom stereocenters. The number of hydrogen-bond donors (Lipinski definition) is 1. The third kappa shape index (κ3) is 5.93. The Labute approximate surface area is 166 Å². The first kappa shape index (κ1) is 22.2. The summed E-state index contributed by atoms with van der Waals surface area (Å²) in [6.45, 7) is -0.431. The minimum absolute atomic E-state index is 0.0166. The maximum Gasteiger partial charge on any atom is 0.306 e. The topological polar surface area (TPSA) is 102 Å². The number of carbonyl (C=O) groups is 2. The minimum atomic E-state index is -3.66. The normalized spacial score (nSPS) is 15.3. The predicted molar refractivity (Wildman–Crippen MR) is 105 cm³/mol. The van der Waals surface area contributed by atoms with E-state index in [0.29, 0.717) is 18.1 Å². The molecule has 0 radical (unpaired) electrons. The number of carbonyl (C=O) groups excluding carboxylic acids is 2. The Kier molecular flexibility index (Phi) is 7.82. The molecule has 0 aliphatic heterocycles. The molecule has 1 aromatic rings. The molecule has 1 amide bonds. The van der Waals surface area contributed by atoms with Crippen LogP contribution in [0.3, 0.4) is 0 Å². The highest BCUT2D eigenvalue weighted by Crippen LogP contribution is 2.29. The van der Waals surface area contributed by atoms with E-state index < -0.39 is 28.5 Å². The number of anilines is 1. The number of benzene rings is 1. The number of esters is 1. The lowest BCUT2D eigenvalue weighted by molar-refractivity contribution is -0.148. The van der Waals surface area contributed by atoms with Crippen LogP contribution in [0.15, 0.2) is 23.1 Å². The SMILES string of the molecule is COc1ccc(S(=O)(=O)N(C)C)cc1NC(=O)COC(=O)CC1CCCCC1. The second-order valence-electron chi connectivity index (χ2n) is 7.07. The van der Waals surface area contributed by atoms with Gasteiger partial charge in [-0.25, -0.2) is 12.7 Å². The van der Waals surface area contributed by atoms with Gasteiger partial charge in [0.2, 0.25) is 10.0 Å². The van der Waals surface area contributed by atoms with Crippen molar-refractivity contribution in [1.82, 2.24) is 4.31 Å². The van der Waals surface area contributed by atoms with E-state index in [1.54, 1.807) is 0 Å². The lowest BCUT2D eigenvalue weighted by atomic mass is 9.87. The Bertz CT molecular complexity index is 801. The zero-order valence-corrected chi connectivity index (χ0v) is 17.4. The molecule has 0 heterocycles. The summed E-state index contributed by atoms with van der Waals surface area (Å²) < 4.78 is 35.9. The van der Waals surface area contributed by atoms with Crippen LogP contribution in [-0.2, 0) is 24.3 Å². The van der Waals surface area contributed by atoms with Gasteiger partial charge in [-0.1, -0.05) is 19.3 Å². The van der Waals surface area contributed by atoms with Crippen molar-refractivity contribution in [3.63, 3.8) is 0 Å². The van der Waals surface area contributed by atoms with Crippen molar-refractivity contribution < 1.29 is 27.5 Å². The third-order valence-corrected chi connectivity index (χ3v) is 6.58. The molecule has 0 aromatic heterocycles.